The summed E-state index contributed by atoms with van der Waals surface area (Å²) in [7, 11) is 0. The van der Waals surface area contributed by atoms with Crippen LogP contribution >= 0.6 is 0 Å². The topological polar surface area (TPSA) is 37.3 Å². The van der Waals surface area contributed by atoms with Gasteiger partial charge in [0.1, 0.15) is 12.0 Å². The van der Waals surface area contributed by atoms with Crippen molar-refractivity contribution in [2.24, 2.45) is 0 Å². The Bertz CT molecular complexity index is 423. The number of rotatable bonds is 2. The highest BCUT2D eigenvalue weighted by atomic mass is 16.3. The number of hydrogen-bond acceptors (Lipinski definition) is 2. The molecule has 0 spiro atoms. The summed E-state index contributed by atoms with van der Waals surface area (Å²) < 4.78 is 0. The molecule has 0 fully saturated rings. The molecule has 16 heavy (non-hydrogen) atoms. The maximum absolute atomic E-state index is 10.2. The SMILES string of the molecule is Cc1c(C(C)(C)C)ccc(/C=C/C=O)c1O. The van der Waals surface area contributed by atoms with Crippen LogP contribution in [-0.2, 0) is 10.2 Å². The van der Waals surface area contributed by atoms with Gasteiger partial charge in [-0.1, -0.05) is 32.9 Å². The van der Waals surface area contributed by atoms with Crippen molar-refractivity contribution in [3.63, 3.8) is 0 Å². The predicted molar refractivity (Wildman–Crippen MR) is 66.6 cm³/mol. The summed E-state index contributed by atoms with van der Waals surface area (Å²) >= 11 is 0. The first kappa shape index (κ1) is 12.5. The van der Waals surface area contributed by atoms with Crippen LogP contribution in [0.1, 0.15) is 37.5 Å². The predicted octanol–water partition coefficient (Wildman–Crippen LogP) is 3.21. The highest BCUT2D eigenvalue weighted by molar-refractivity contribution is 5.76. The molecule has 2 heteroatoms. The largest absolute Gasteiger partial charge is 0.507 e. The number of phenolic OH excluding ortho intramolecular Hbond substituents is 1. The summed E-state index contributed by atoms with van der Waals surface area (Å²) in [6, 6.07) is 3.84. The molecule has 0 saturated carbocycles. The van der Waals surface area contributed by atoms with Crippen molar-refractivity contribution < 1.29 is 9.90 Å². The van der Waals surface area contributed by atoms with E-state index in [1.165, 1.54) is 6.08 Å². The minimum absolute atomic E-state index is 0.00840. The molecule has 0 saturated heterocycles. The average Bonchev–Trinajstić information content (AvgIpc) is 2.18. The third-order valence-corrected chi connectivity index (χ3v) is 2.62. The molecule has 1 rings (SSSR count). The highest BCUT2D eigenvalue weighted by Crippen LogP contribution is 2.33. The van der Waals surface area contributed by atoms with Gasteiger partial charge in [0.05, 0.1) is 0 Å². The first-order valence-electron chi connectivity index (χ1n) is 5.33. The number of aromatic hydroxyl groups is 1. The lowest BCUT2D eigenvalue weighted by atomic mass is 9.83. The molecule has 1 aromatic rings. The highest BCUT2D eigenvalue weighted by Gasteiger charge is 2.18. The van der Waals surface area contributed by atoms with Gasteiger partial charge in [0.15, 0.2) is 0 Å². The molecule has 2 nitrogen and oxygen atoms in total. The van der Waals surface area contributed by atoms with E-state index in [4.69, 9.17) is 0 Å². The Kier molecular flexibility index (Phi) is 3.53. The van der Waals surface area contributed by atoms with Crippen molar-refractivity contribution in [2.75, 3.05) is 0 Å². The summed E-state index contributed by atoms with van der Waals surface area (Å²) in [6.45, 7) is 8.22. The normalized spacial score (nSPS) is 12.0. The Morgan fingerprint density at radius 3 is 2.38 bits per heavy atom. The lowest BCUT2D eigenvalue weighted by Crippen LogP contribution is -2.13. The second-order valence-corrected chi connectivity index (χ2v) is 4.92. The van der Waals surface area contributed by atoms with Gasteiger partial charge >= 0.3 is 0 Å². The third-order valence-electron chi connectivity index (χ3n) is 2.62. The van der Waals surface area contributed by atoms with Crippen molar-refractivity contribution in [1.29, 1.82) is 0 Å². The molecule has 0 amide bonds. The smallest absolute Gasteiger partial charge is 0.142 e. The Balaban J connectivity index is 3.29. The summed E-state index contributed by atoms with van der Waals surface area (Å²) in [5, 5.41) is 10.0. The van der Waals surface area contributed by atoms with Gasteiger partial charge in [-0.3, -0.25) is 4.79 Å². The molecular weight excluding hydrogens is 200 g/mol. The zero-order chi connectivity index (χ0) is 12.3. The maximum Gasteiger partial charge on any atom is 0.142 e. The Labute approximate surface area is 96.6 Å². The first-order valence-corrected chi connectivity index (χ1v) is 5.33. The zero-order valence-corrected chi connectivity index (χ0v) is 10.2. The number of aldehydes is 1. The fourth-order valence-electron chi connectivity index (χ4n) is 1.81. The number of carbonyl (C=O) groups is 1. The van der Waals surface area contributed by atoms with Crippen LogP contribution in [0.25, 0.3) is 6.08 Å². The van der Waals surface area contributed by atoms with E-state index in [-0.39, 0.29) is 11.2 Å². The lowest BCUT2D eigenvalue weighted by Gasteiger charge is -2.22. The second kappa shape index (κ2) is 4.52. The third kappa shape index (κ3) is 2.51. The van der Waals surface area contributed by atoms with E-state index in [1.807, 2.05) is 19.1 Å². The first-order chi connectivity index (χ1) is 7.38. The number of benzene rings is 1. The summed E-state index contributed by atoms with van der Waals surface area (Å²) in [5.74, 6) is 0.255. The molecule has 0 unspecified atom stereocenters. The summed E-state index contributed by atoms with van der Waals surface area (Å²) in [6.07, 6.45) is 3.69. The quantitative estimate of drug-likeness (QED) is 0.611. The number of phenols is 1. The fraction of sp³-hybridized carbons (Fsp3) is 0.357. The Morgan fingerprint density at radius 2 is 1.88 bits per heavy atom. The Hall–Kier alpha value is -1.57. The monoisotopic (exact) mass is 218 g/mol. The molecule has 0 heterocycles. The molecule has 0 aliphatic carbocycles. The van der Waals surface area contributed by atoms with Gasteiger partial charge in [-0.2, -0.15) is 0 Å². The summed E-state index contributed by atoms with van der Waals surface area (Å²) in [5.41, 5.74) is 2.68. The molecule has 0 aromatic heterocycles. The van der Waals surface area contributed by atoms with Crippen molar-refractivity contribution in [1.82, 2.24) is 0 Å². The van der Waals surface area contributed by atoms with Gasteiger partial charge in [-0.25, -0.2) is 0 Å². The van der Waals surface area contributed by atoms with Crippen LogP contribution < -0.4 is 0 Å². The number of allylic oxidation sites excluding steroid dienone is 1. The molecular formula is C14H18O2. The molecule has 86 valence electrons. The second-order valence-electron chi connectivity index (χ2n) is 4.92. The molecule has 1 aromatic carbocycles. The van der Waals surface area contributed by atoms with Gasteiger partial charge in [0, 0.05) is 5.56 Å². The molecule has 0 atom stereocenters. The van der Waals surface area contributed by atoms with Gasteiger partial charge in [-0.05, 0) is 35.6 Å². The Morgan fingerprint density at radius 1 is 1.25 bits per heavy atom. The molecule has 0 bridgehead atoms. The summed E-state index contributed by atoms with van der Waals surface area (Å²) in [4.78, 5) is 10.2. The van der Waals surface area contributed by atoms with E-state index in [9.17, 15) is 9.90 Å². The van der Waals surface area contributed by atoms with Crippen molar-refractivity contribution in [3.05, 3.63) is 34.9 Å². The van der Waals surface area contributed by atoms with Crippen LogP contribution in [0.2, 0.25) is 0 Å². The van der Waals surface area contributed by atoms with E-state index in [1.54, 1.807) is 6.08 Å². The van der Waals surface area contributed by atoms with E-state index in [0.717, 1.165) is 11.1 Å². The van der Waals surface area contributed by atoms with Gasteiger partial charge in [0.2, 0.25) is 0 Å². The van der Waals surface area contributed by atoms with Gasteiger partial charge < -0.3 is 5.11 Å². The fourth-order valence-corrected chi connectivity index (χ4v) is 1.81. The van der Waals surface area contributed by atoms with Crippen LogP contribution in [0.15, 0.2) is 18.2 Å². The van der Waals surface area contributed by atoms with Gasteiger partial charge in [-0.15, -0.1) is 0 Å². The van der Waals surface area contributed by atoms with Crippen molar-refractivity contribution in [3.8, 4) is 5.75 Å². The molecule has 0 aliphatic rings. The minimum Gasteiger partial charge on any atom is -0.507 e. The lowest BCUT2D eigenvalue weighted by molar-refractivity contribution is -0.104. The van der Waals surface area contributed by atoms with Crippen molar-refractivity contribution >= 4 is 12.4 Å². The number of hydrogen-bond donors (Lipinski definition) is 1. The van der Waals surface area contributed by atoms with E-state index >= 15 is 0 Å². The molecule has 0 radical (unpaired) electrons. The van der Waals surface area contributed by atoms with Crippen LogP contribution in [0.3, 0.4) is 0 Å². The molecule has 1 N–H and O–H groups in total. The number of carbonyl (C=O) groups excluding carboxylic acids is 1. The van der Waals surface area contributed by atoms with E-state index in [2.05, 4.69) is 20.8 Å². The van der Waals surface area contributed by atoms with Crippen LogP contribution in [0.4, 0.5) is 0 Å². The van der Waals surface area contributed by atoms with Crippen molar-refractivity contribution in [2.45, 2.75) is 33.1 Å². The molecule has 0 aliphatic heterocycles. The van der Waals surface area contributed by atoms with Crippen LogP contribution in [0, 0.1) is 6.92 Å². The zero-order valence-electron chi connectivity index (χ0n) is 10.2. The standard InChI is InChI=1S/C14H18O2/c1-10-12(14(2,3)4)8-7-11(13(10)16)6-5-9-15/h5-9,16H,1-4H3/b6-5+. The van der Waals surface area contributed by atoms with E-state index in [0.29, 0.717) is 11.8 Å². The minimum atomic E-state index is 0.00840. The van der Waals surface area contributed by atoms with Gasteiger partial charge in [0.25, 0.3) is 0 Å². The van der Waals surface area contributed by atoms with Crippen LogP contribution in [0.5, 0.6) is 5.75 Å². The van der Waals surface area contributed by atoms with E-state index < -0.39 is 0 Å². The average molecular weight is 218 g/mol. The van der Waals surface area contributed by atoms with Crippen LogP contribution in [-0.4, -0.2) is 11.4 Å². The maximum atomic E-state index is 10.2.